The Hall–Kier alpha value is -3.81. The van der Waals surface area contributed by atoms with Gasteiger partial charge in [0.2, 0.25) is 5.95 Å². The molecule has 0 unspecified atom stereocenters. The molecule has 5 rings (SSSR count). The van der Waals surface area contributed by atoms with Crippen molar-refractivity contribution in [2.24, 2.45) is 0 Å². The van der Waals surface area contributed by atoms with Crippen molar-refractivity contribution >= 4 is 34.2 Å². The molecule has 1 aliphatic heterocycles. The van der Waals surface area contributed by atoms with Crippen molar-refractivity contribution in [2.75, 3.05) is 41.3 Å². The van der Waals surface area contributed by atoms with Crippen LogP contribution in [0.1, 0.15) is 0 Å². The van der Waals surface area contributed by atoms with Gasteiger partial charge in [-0.05, 0) is 24.3 Å². The molecule has 0 saturated carbocycles. The van der Waals surface area contributed by atoms with Crippen molar-refractivity contribution in [3.05, 3.63) is 67.1 Å². The fourth-order valence-corrected chi connectivity index (χ4v) is 3.51. The highest BCUT2D eigenvalue weighted by Gasteiger charge is 2.20. The third-order valence-electron chi connectivity index (χ3n) is 4.98. The molecule has 0 spiro atoms. The first-order valence-corrected chi connectivity index (χ1v) is 9.58. The third-order valence-corrected chi connectivity index (χ3v) is 4.98. The normalized spacial score (nSPS) is 14.2. The molecule has 1 aliphatic rings. The molecule has 4 heterocycles. The molecule has 4 aromatic rings. The summed E-state index contributed by atoms with van der Waals surface area (Å²) in [5, 5.41) is 12.8. The summed E-state index contributed by atoms with van der Waals surface area (Å²) in [6, 6.07) is 16.0. The molecule has 0 amide bonds. The first-order chi connectivity index (χ1) is 14.4. The third kappa shape index (κ3) is 3.64. The van der Waals surface area contributed by atoms with Crippen LogP contribution in [-0.2, 0) is 0 Å². The Bertz CT molecular complexity index is 1100. The minimum atomic E-state index is 0.629. The molecule has 1 aromatic carbocycles. The Labute approximate surface area is 168 Å². The number of benzene rings is 1. The molecule has 0 aliphatic carbocycles. The van der Waals surface area contributed by atoms with E-state index in [9.17, 15) is 0 Å². The fourth-order valence-electron chi connectivity index (χ4n) is 3.51. The number of hydrogen-bond acceptors (Lipinski definition) is 8. The van der Waals surface area contributed by atoms with Gasteiger partial charge < -0.3 is 15.1 Å². The average Bonchev–Trinajstić information content (AvgIpc) is 2.80. The smallest absolute Gasteiger partial charge is 0.247 e. The largest absolute Gasteiger partial charge is 0.353 e. The van der Waals surface area contributed by atoms with E-state index in [1.54, 1.807) is 12.4 Å². The number of pyridine rings is 2. The van der Waals surface area contributed by atoms with Gasteiger partial charge in [0.1, 0.15) is 5.82 Å². The highest BCUT2D eigenvalue weighted by Crippen LogP contribution is 2.24. The second-order valence-corrected chi connectivity index (χ2v) is 6.81. The minimum absolute atomic E-state index is 0.629. The molecule has 0 bridgehead atoms. The summed E-state index contributed by atoms with van der Waals surface area (Å²) in [5.41, 5.74) is 1.80. The maximum absolute atomic E-state index is 4.68. The Morgan fingerprint density at radius 3 is 2.48 bits per heavy atom. The molecule has 29 heavy (non-hydrogen) atoms. The van der Waals surface area contributed by atoms with Gasteiger partial charge in [0.15, 0.2) is 5.82 Å². The van der Waals surface area contributed by atoms with Crippen LogP contribution in [0.5, 0.6) is 0 Å². The molecule has 3 aromatic heterocycles. The number of aromatic nitrogens is 5. The zero-order valence-electron chi connectivity index (χ0n) is 15.8. The lowest BCUT2D eigenvalue weighted by Gasteiger charge is -2.35. The highest BCUT2D eigenvalue weighted by molar-refractivity contribution is 5.91. The standard InChI is InChI=1S/C21H20N8/c1-2-9-22-19(8-1)28-11-13-29(14-12-28)21-26-18(15-24-27-21)25-17-7-3-5-16-6-4-10-23-20(16)17/h1-10,15H,11-14H2,(H,25,26,27). The zero-order valence-corrected chi connectivity index (χ0v) is 15.8. The van der Waals surface area contributed by atoms with E-state index in [0.717, 1.165) is 48.6 Å². The van der Waals surface area contributed by atoms with Crippen LogP contribution >= 0.6 is 0 Å². The van der Waals surface area contributed by atoms with Crippen LogP contribution in [0.15, 0.2) is 67.1 Å². The summed E-state index contributed by atoms with van der Waals surface area (Å²) >= 11 is 0. The van der Waals surface area contributed by atoms with E-state index >= 15 is 0 Å². The van der Waals surface area contributed by atoms with E-state index in [1.807, 2.05) is 54.7 Å². The minimum Gasteiger partial charge on any atom is -0.353 e. The van der Waals surface area contributed by atoms with E-state index in [1.165, 1.54) is 0 Å². The molecule has 0 radical (unpaired) electrons. The molecule has 1 fully saturated rings. The maximum atomic E-state index is 4.68. The molecular formula is C21H20N8. The highest BCUT2D eigenvalue weighted by atomic mass is 15.4. The molecule has 1 N–H and O–H groups in total. The number of para-hydroxylation sites is 1. The van der Waals surface area contributed by atoms with E-state index in [0.29, 0.717) is 11.8 Å². The number of piperazine rings is 1. The molecular weight excluding hydrogens is 364 g/mol. The van der Waals surface area contributed by atoms with Gasteiger partial charge in [0.25, 0.3) is 0 Å². The summed E-state index contributed by atoms with van der Waals surface area (Å²) in [6.07, 6.45) is 5.25. The van der Waals surface area contributed by atoms with Crippen molar-refractivity contribution in [2.45, 2.75) is 0 Å². The first-order valence-electron chi connectivity index (χ1n) is 9.58. The number of anilines is 4. The van der Waals surface area contributed by atoms with Crippen LogP contribution in [0, 0.1) is 0 Å². The number of nitrogens with one attached hydrogen (secondary N) is 1. The molecule has 1 saturated heterocycles. The van der Waals surface area contributed by atoms with Crippen molar-refractivity contribution in [1.82, 2.24) is 25.1 Å². The van der Waals surface area contributed by atoms with Crippen molar-refractivity contribution < 1.29 is 0 Å². The quantitative estimate of drug-likeness (QED) is 0.575. The average molecular weight is 384 g/mol. The Balaban J connectivity index is 1.32. The second-order valence-electron chi connectivity index (χ2n) is 6.81. The van der Waals surface area contributed by atoms with Gasteiger partial charge in [-0.1, -0.05) is 24.3 Å². The molecule has 8 heteroatoms. The lowest BCUT2D eigenvalue weighted by atomic mass is 10.2. The molecule has 8 nitrogen and oxygen atoms in total. The van der Waals surface area contributed by atoms with E-state index in [2.05, 4.69) is 40.3 Å². The van der Waals surface area contributed by atoms with Gasteiger partial charge in [-0.25, -0.2) is 4.98 Å². The predicted octanol–water partition coefficient (Wildman–Crippen LogP) is 2.89. The summed E-state index contributed by atoms with van der Waals surface area (Å²) < 4.78 is 0. The van der Waals surface area contributed by atoms with Crippen LogP contribution in [-0.4, -0.2) is 51.3 Å². The topological polar surface area (TPSA) is 83.0 Å². The van der Waals surface area contributed by atoms with Gasteiger partial charge in [0, 0.05) is 44.0 Å². The lowest BCUT2D eigenvalue weighted by Crippen LogP contribution is -2.47. The number of rotatable bonds is 4. The van der Waals surface area contributed by atoms with Gasteiger partial charge >= 0.3 is 0 Å². The van der Waals surface area contributed by atoms with Gasteiger partial charge in [-0.15, -0.1) is 5.10 Å². The Morgan fingerprint density at radius 2 is 1.62 bits per heavy atom. The summed E-state index contributed by atoms with van der Waals surface area (Å²) in [6.45, 7) is 3.37. The molecule has 144 valence electrons. The summed E-state index contributed by atoms with van der Waals surface area (Å²) in [7, 11) is 0. The summed E-state index contributed by atoms with van der Waals surface area (Å²) in [4.78, 5) is 18.0. The monoisotopic (exact) mass is 384 g/mol. The second kappa shape index (κ2) is 7.67. The first kappa shape index (κ1) is 17.3. The van der Waals surface area contributed by atoms with Crippen LogP contribution in [0.3, 0.4) is 0 Å². The van der Waals surface area contributed by atoms with Crippen molar-refractivity contribution in [1.29, 1.82) is 0 Å². The van der Waals surface area contributed by atoms with Crippen LogP contribution in [0.25, 0.3) is 10.9 Å². The van der Waals surface area contributed by atoms with Gasteiger partial charge in [0.05, 0.1) is 17.4 Å². The van der Waals surface area contributed by atoms with Gasteiger partial charge in [-0.3, -0.25) is 4.98 Å². The maximum Gasteiger partial charge on any atom is 0.247 e. The van der Waals surface area contributed by atoms with Gasteiger partial charge in [-0.2, -0.15) is 10.1 Å². The van der Waals surface area contributed by atoms with Crippen molar-refractivity contribution in [3.8, 4) is 0 Å². The van der Waals surface area contributed by atoms with Crippen molar-refractivity contribution in [3.63, 3.8) is 0 Å². The van der Waals surface area contributed by atoms with E-state index in [-0.39, 0.29) is 0 Å². The zero-order chi connectivity index (χ0) is 19.5. The number of nitrogens with zero attached hydrogens (tertiary/aromatic N) is 7. The fraction of sp³-hybridized carbons (Fsp3) is 0.190. The molecule has 0 atom stereocenters. The SMILES string of the molecule is c1ccc(N2CCN(c3nncc(Nc4cccc5cccnc45)n3)CC2)nc1. The van der Waals surface area contributed by atoms with Crippen LogP contribution in [0.4, 0.5) is 23.3 Å². The Kier molecular flexibility index (Phi) is 4.57. The van der Waals surface area contributed by atoms with Crippen LogP contribution < -0.4 is 15.1 Å². The van der Waals surface area contributed by atoms with Crippen LogP contribution in [0.2, 0.25) is 0 Å². The Morgan fingerprint density at radius 1 is 0.793 bits per heavy atom. The predicted molar refractivity (Wildman–Crippen MR) is 114 cm³/mol. The lowest BCUT2D eigenvalue weighted by molar-refractivity contribution is 0.630. The van der Waals surface area contributed by atoms with E-state index < -0.39 is 0 Å². The number of hydrogen-bond donors (Lipinski definition) is 1. The number of fused-ring (bicyclic) bond motifs is 1. The summed E-state index contributed by atoms with van der Waals surface area (Å²) in [5.74, 6) is 2.29. The van der Waals surface area contributed by atoms with E-state index in [4.69, 9.17) is 0 Å².